The van der Waals surface area contributed by atoms with Crippen molar-refractivity contribution in [1.29, 1.82) is 0 Å². The van der Waals surface area contributed by atoms with Crippen LogP contribution in [0.15, 0.2) is 95.8 Å². The molecule has 0 aliphatic carbocycles. The average molecular weight is 534 g/mol. The minimum absolute atomic E-state index is 0.120. The Morgan fingerprint density at radius 1 is 1.00 bits per heavy atom. The van der Waals surface area contributed by atoms with Gasteiger partial charge in [-0.15, -0.1) is 0 Å². The highest BCUT2D eigenvalue weighted by Gasteiger charge is 2.21. The van der Waals surface area contributed by atoms with Gasteiger partial charge in [-0.1, -0.05) is 36.4 Å². The number of hydrogen-bond donors (Lipinski definition) is 3. The summed E-state index contributed by atoms with van der Waals surface area (Å²) in [4.78, 5) is 21.8. The van der Waals surface area contributed by atoms with Gasteiger partial charge in [0.1, 0.15) is 17.0 Å². The number of carbonyl (C=O) groups is 1. The van der Waals surface area contributed by atoms with Gasteiger partial charge in [-0.05, 0) is 64.8 Å². The van der Waals surface area contributed by atoms with E-state index in [1.165, 1.54) is 0 Å². The third-order valence-corrected chi connectivity index (χ3v) is 6.21. The van der Waals surface area contributed by atoms with Gasteiger partial charge in [0.15, 0.2) is 17.3 Å². The van der Waals surface area contributed by atoms with E-state index in [-0.39, 0.29) is 17.5 Å². The molecule has 0 atom stereocenters. The lowest BCUT2D eigenvalue weighted by molar-refractivity contribution is 0.0954. The van der Waals surface area contributed by atoms with Crippen LogP contribution in [-0.4, -0.2) is 42.4 Å². The van der Waals surface area contributed by atoms with Crippen LogP contribution < -0.4 is 15.8 Å². The van der Waals surface area contributed by atoms with E-state index in [0.29, 0.717) is 52.7 Å². The molecule has 0 radical (unpaired) electrons. The van der Waals surface area contributed by atoms with Crippen LogP contribution in [0.25, 0.3) is 28.2 Å². The minimum atomic E-state index is -0.224. The number of aromatic hydroxyl groups is 1. The van der Waals surface area contributed by atoms with E-state index in [9.17, 15) is 9.90 Å². The van der Waals surface area contributed by atoms with Crippen molar-refractivity contribution in [2.45, 2.75) is 6.42 Å². The normalized spacial score (nSPS) is 11.0. The molecule has 6 aromatic rings. The van der Waals surface area contributed by atoms with Gasteiger partial charge in [0, 0.05) is 23.9 Å². The second-order valence-corrected chi connectivity index (χ2v) is 8.92. The number of nitrogens with two attached hydrogens (primary N) is 1. The van der Waals surface area contributed by atoms with Crippen LogP contribution >= 0.6 is 0 Å². The molecule has 0 unspecified atom stereocenters. The molecule has 0 aliphatic heterocycles. The van der Waals surface area contributed by atoms with Crippen molar-refractivity contribution in [3.8, 4) is 34.6 Å². The van der Waals surface area contributed by atoms with E-state index in [0.717, 1.165) is 11.3 Å². The molecule has 11 nitrogen and oxygen atoms in total. The number of amides is 1. The molecular formula is C29H23N7O4. The summed E-state index contributed by atoms with van der Waals surface area (Å²) in [6, 6.07) is 25.1. The summed E-state index contributed by atoms with van der Waals surface area (Å²) in [6.07, 6.45) is 2.23. The number of aromatic nitrogens is 5. The van der Waals surface area contributed by atoms with Crippen LogP contribution in [0.3, 0.4) is 0 Å². The number of carbonyl (C=O) groups excluding carboxylic acids is 1. The number of phenolic OH excluding ortho intramolecular Hbond substituents is 1. The predicted octanol–water partition coefficient (Wildman–Crippen LogP) is 4.52. The van der Waals surface area contributed by atoms with Crippen molar-refractivity contribution >= 4 is 22.8 Å². The Hall–Kier alpha value is -5.71. The van der Waals surface area contributed by atoms with Crippen LogP contribution in [0.5, 0.6) is 17.4 Å². The highest BCUT2D eigenvalue weighted by molar-refractivity contribution is 5.94. The standard InChI is InChI=1S/C29H23N7O4/c30-27-26(34-40-35-27)28-33-23-17-32-25(16-24(23)36(28)20-6-2-1-3-7-20)39-22-8-4-5-19(15-22)29(38)31-14-13-18-9-11-21(37)12-10-18/h1-12,15-17,37H,13-14H2,(H2,30,35)(H,31,38). The molecule has 0 aliphatic rings. The fourth-order valence-electron chi connectivity index (χ4n) is 4.27. The van der Waals surface area contributed by atoms with E-state index in [4.69, 9.17) is 15.1 Å². The van der Waals surface area contributed by atoms with Crippen LogP contribution in [0.2, 0.25) is 0 Å². The van der Waals surface area contributed by atoms with Gasteiger partial charge in [-0.25, -0.2) is 14.6 Å². The first-order chi connectivity index (χ1) is 19.5. The average Bonchev–Trinajstić information content (AvgIpc) is 3.57. The number of ether oxygens (including phenoxy) is 1. The second kappa shape index (κ2) is 10.6. The van der Waals surface area contributed by atoms with Gasteiger partial charge < -0.3 is 20.9 Å². The summed E-state index contributed by atoms with van der Waals surface area (Å²) in [5, 5.41) is 19.9. The number of rotatable bonds is 8. The first-order valence-corrected chi connectivity index (χ1v) is 12.4. The molecule has 0 saturated carbocycles. The van der Waals surface area contributed by atoms with Crippen molar-refractivity contribution in [1.82, 2.24) is 30.2 Å². The molecule has 4 N–H and O–H groups in total. The lowest BCUT2D eigenvalue weighted by Crippen LogP contribution is -2.25. The Morgan fingerprint density at radius 3 is 2.60 bits per heavy atom. The maximum absolute atomic E-state index is 12.7. The molecule has 1 amide bonds. The van der Waals surface area contributed by atoms with Gasteiger partial charge in [-0.2, -0.15) is 0 Å². The summed E-state index contributed by atoms with van der Waals surface area (Å²) in [5.74, 6) is 1.32. The highest BCUT2D eigenvalue weighted by atomic mass is 16.6. The third-order valence-electron chi connectivity index (χ3n) is 6.21. The Morgan fingerprint density at radius 2 is 1.82 bits per heavy atom. The number of pyridine rings is 1. The van der Waals surface area contributed by atoms with Gasteiger partial charge >= 0.3 is 0 Å². The molecule has 3 heterocycles. The summed E-state index contributed by atoms with van der Waals surface area (Å²) in [7, 11) is 0. The number of imidazole rings is 1. The molecule has 0 saturated heterocycles. The number of benzene rings is 3. The van der Waals surface area contributed by atoms with Crippen molar-refractivity contribution in [2.75, 3.05) is 12.3 Å². The zero-order valence-corrected chi connectivity index (χ0v) is 21.1. The molecule has 3 aromatic heterocycles. The fraction of sp³-hybridized carbons (Fsp3) is 0.0690. The van der Waals surface area contributed by atoms with E-state index >= 15 is 0 Å². The molecule has 198 valence electrons. The van der Waals surface area contributed by atoms with Gasteiger partial charge in [0.05, 0.1) is 11.7 Å². The molecule has 0 bridgehead atoms. The Kier molecular flexibility index (Phi) is 6.51. The highest BCUT2D eigenvalue weighted by Crippen LogP contribution is 2.32. The Labute approximate surface area is 227 Å². The number of fused-ring (bicyclic) bond motifs is 1. The van der Waals surface area contributed by atoms with Crippen molar-refractivity contribution in [3.05, 3.63) is 102 Å². The first kappa shape index (κ1) is 24.6. The van der Waals surface area contributed by atoms with E-state index in [1.54, 1.807) is 48.7 Å². The predicted molar refractivity (Wildman–Crippen MR) is 147 cm³/mol. The fourth-order valence-corrected chi connectivity index (χ4v) is 4.27. The zero-order valence-electron chi connectivity index (χ0n) is 21.1. The molecule has 6 rings (SSSR count). The lowest BCUT2D eigenvalue weighted by Gasteiger charge is -2.10. The topological polar surface area (TPSA) is 154 Å². The number of nitrogen functional groups attached to an aromatic ring is 1. The quantitative estimate of drug-likeness (QED) is 0.256. The Balaban J connectivity index is 1.24. The van der Waals surface area contributed by atoms with Gasteiger partial charge in [-0.3, -0.25) is 9.36 Å². The number of nitrogens with one attached hydrogen (secondary N) is 1. The molecule has 0 spiro atoms. The Bertz CT molecular complexity index is 1800. The van der Waals surface area contributed by atoms with Crippen molar-refractivity contribution in [2.24, 2.45) is 0 Å². The summed E-state index contributed by atoms with van der Waals surface area (Å²) < 4.78 is 12.7. The minimum Gasteiger partial charge on any atom is -0.508 e. The van der Waals surface area contributed by atoms with Gasteiger partial charge in [0.2, 0.25) is 5.88 Å². The molecule has 11 heteroatoms. The maximum atomic E-state index is 12.7. The number of hydrogen-bond acceptors (Lipinski definition) is 9. The number of nitrogens with zero attached hydrogens (tertiary/aromatic N) is 5. The van der Waals surface area contributed by atoms with Crippen LogP contribution in [0, 0.1) is 0 Å². The monoisotopic (exact) mass is 533 g/mol. The summed E-state index contributed by atoms with van der Waals surface area (Å²) >= 11 is 0. The number of phenols is 1. The smallest absolute Gasteiger partial charge is 0.251 e. The molecule has 3 aromatic carbocycles. The second-order valence-electron chi connectivity index (χ2n) is 8.92. The van der Waals surface area contributed by atoms with E-state index in [2.05, 4.69) is 25.6 Å². The van der Waals surface area contributed by atoms with Gasteiger partial charge in [0.25, 0.3) is 5.91 Å². The van der Waals surface area contributed by atoms with Crippen LogP contribution in [0.4, 0.5) is 5.82 Å². The largest absolute Gasteiger partial charge is 0.508 e. The van der Waals surface area contributed by atoms with Crippen molar-refractivity contribution in [3.63, 3.8) is 0 Å². The molecular weight excluding hydrogens is 510 g/mol. The van der Waals surface area contributed by atoms with E-state index < -0.39 is 0 Å². The number of anilines is 1. The van der Waals surface area contributed by atoms with E-state index in [1.807, 2.05) is 47.0 Å². The van der Waals surface area contributed by atoms with Crippen molar-refractivity contribution < 1.29 is 19.3 Å². The van der Waals surface area contributed by atoms with Crippen LogP contribution in [0.1, 0.15) is 15.9 Å². The zero-order chi connectivity index (χ0) is 27.5. The summed E-state index contributed by atoms with van der Waals surface area (Å²) in [5.41, 5.74) is 9.87. The first-order valence-electron chi connectivity index (χ1n) is 12.4. The SMILES string of the molecule is Nc1nonc1-c1nc2cnc(Oc3cccc(C(=O)NCCc4ccc(O)cc4)c3)cc2n1-c1ccccc1. The maximum Gasteiger partial charge on any atom is 0.251 e. The number of para-hydroxylation sites is 1. The summed E-state index contributed by atoms with van der Waals surface area (Å²) in [6.45, 7) is 0.449. The van der Waals surface area contributed by atoms with Crippen LogP contribution in [-0.2, 0) is 6.42 Å². The molecule has 0 fully saturated rings. The third kappa shape index (κ3) is 5.03. The lowest BCUT2D eigenvalue weighted by atomic mass is 10.1. The molecule has 40 heavy (non-hydrogen) atoms.